The number of benzene rings is 1. The van der Waals surface area contributed by atoms with Crippen molar-refractivity contribution in [1.29, 1.82) is 0 Å². The summed E-state index contributed by atoms with van der Waals surface area (Å²) >= 11 is 0. The molecule has 1 amide bonds. The Kier molecular flexibility index (Phi) is 7.40. The van der Waals surface area contributed by atoms with E-state index >= 15 is 0 Å². The van der Waals surface area contributed by atoms with Crippen LogP contribution in [0.3, 0.4) is 0 Å². The number of para-hydroxylation sites is 1. The third-order valence-electron chi connectivity index (χ3n) is 6.42. The quantitative estimate of drug-likeness (QED) is 0.565. The number of nitrogens with one attached hydrogen (secondary N) is 1. The van der Waals surface area contributed by atoms with Crippen LogP contribution in [0.25, 0.3) is 0 Å². The predicted octanol–water partition coefficient (Wildman–Crippen LogP) is 4.00. The largest absolute Gasteiger partial charge is 0.496 e. The highest BCUT2D eigenvalue weighted by Gasteiger charge is 2.31. The van der Waals surface area contributed by atoms with Crippen molar-refractivity contribution in [2.75, 3.05) is 20.2 Å². The van der Waals surface area contributed by atoms with Gasteiger partial charge in [-0.25, -0.2) is 0 Å². The van der Waals surface area contributed by atoms with Crippen LogP contribution in [-0.4, -0.2) is 45.8 Å². The van der Waals surface area contributed by atoms with Crippen molar-refractivity contribution in [3.05, 3.63) is 77.4 Å². The van der Waals surface area contributed by atoms with Crippen molar-refractivity contribution < 1.29 is 9.53 Å². The Morgan fingerprint density at radius 3 is 2.79 bits per heavy atom. The maximum atomic E-state index is 13.3. The molecular formula is C26H33N5O2. The molecule has 3 aromatic rings. The number of ether oxygens (including phenoxy) is 1. The van der Waals surface area contributed by atoms with Gasteiger partial charge in [-0.05, 0) is 63.4 Å². The minimum atomic E-state index is -0.175. The summed E-state index contributed by atoms with van der Waals surface area (Å²) in [5.41, 5.74) is 3.79. The highest BCUT2D eigenvalue weighted by atomic mass is 16.5. The second-order valence-corrected chi connectivity index (χ2v) is 8.64. The summed E-state index contributed by atoms with van der Waals surface area (Å²) in [6, 6.07) is 13.0. The smallest absolute Gasteiger partial charge is 0.255 e. The fourth-order valence-corrected chi connectivity index (χ4v) is 4.67. The highest BCUT2D eigenvalue weighted by molar-refractivity contribution is 5.97. The van der Waals surface area contributed by atoms with E-state index in [1.54, 1.807) is 19.4 Å². The lowest BCUT2D eigenvalue weighted by Gasteiger charge is -2.37. The van der Waals surface area contributed by atoms with Crippen molar-refractivity contribution in [2.45, 2.75) is 45.8 Å². The van der Waals surface area contributed by atoms with Crippen molar-refractivity contribution >= 4 is 5.91 Å². The molecule has 174 valence electrons. The van der Waals surface area contributed by atoms with Crippen LogP contribution in [0.2, 0.25) is 0 Å². The molecule has 1 saturated heterocycles. The van der Waals surface area contributed by atoms with Crippen molar-refractivity contribution in [2.24, 2.45) is 5.92 Å². The average molecular weight is 448 g/mol. The number of aromatic nitrogens is 3. The Balaban J connectivity index is 1.54. The summed E-state index contributed by atoms with van der Waals surface area (Å²) in [5, 5.41) is 7.88. The zero-order valence-electron chi connectivity index (χ0n) is 19.7. The molecule has 1 N–H and O–H groups in total. The first kappa shape index (κ1) is 23.0. The van der Waals surface area contributed by atoms with E-state index in [4.69, 9.17) is 4.74 Å². The third kappa shape index (κ3) is 5.42. The third-order valence-corrected chi connectivity index (χ3v) is 6.42. The first-order chi connectivity index (χ1) is 16.1. The number of carbonyl (C=O) groups is 1. The summed E-state index contributed by atoms with van der Waals surface area (Å²) in [6.07, 6.45) is 6.07. The van der Waals surface area contributed by atoms with Crippen molar-refractivity contribution in [3.63, 3.8) is 0 Å². The molecule has 7 nitrogen and oxygen atoms in total. The summed E-state index contributed by atoms with van der Waals surface area (Å²) in [6.45, 7) is 7.87. The lowest BCUT2D eigenvalue weighted by molar-refractivity contribution is 0.0872. The van der Waals surface area contributed by atoms with Gasteiger partial charge in [-0.1, -0.05) is 18.2 Å². The number of hydrogen-bond donors (Lipinski definition) is 1. The SMILES string of the molecule is CCn1cc(CN2CCC[C@H]([C@H](NC(=O)c3ccccc3OC)c3ccccn3)C2)c(C)n1. The molecule has 7 heteroatoms. The molecular weight excluding hydrogens is 414 g/mol. The van der Waals surface area contributed by atoms with Gasteiger partial charge >= 0.3 is 0 Å². The molecule has 2 atom stereocenters. The van der Waals surface area contributed by atoms with Crippen LogP contribution in [-0.2, 0) is 13.1 Å². The zero-order chi connectivity index (χ0) is 23.2. The molecule has 33 heavy (non-hydrogen) atoms. The standard InChI is InChI=1S/C26H33N5O2/c1-4-31-18-21(19(2)29-31)17-30-15-9-10-20(16-30)25(23-12-7-8-14-27-23)28-26(32)22-11-5-6-13-24(22)33-3/h5-8,11-14,18,20,25H,4,9-10,15-17H2,1-3H3,(H,28,32)/t20-,25-/m0/s1. The molecule has 1 aromatic carbocycles. The van der Waals surface area contributed by atoms with Gasteiger partial charge in [-0.15, -0.1) is 0 Å². The van der Waals surface area contributed by atoms with Gasteiger partial charge in [0.1, 0.15) is 5.75 Å². The number of aryl methyl sites for hydroxylation is 2. The van der Waals surface area contributed by atoms with Crippen LogP contribution in [0.1, 0.15) is 53.1 Å². The van der Waals surface area contributed by atoms with Crippen LogP contribution < -0.4 is 10.1 Å². The number of carbonyl (C=O) groups excluding carboxylic acids is 1. The molecule has 3 heterocycles. The van der Waals surface area contributed by atoms with E-state index in [9.17, 15) is 4.79 Å². The molecule has 2 aromatic heterocycles. The van der Waals surface area contributed by atoms with Crippen LogP contribution >= 0.6 is 0 Å². The van der Waals surface area contributed by atoms with E-state index < -0.39 is 0 Å². The van der Waals surface area contributed by atoms with Gasteiger partial charge in [0, 0.05) is 37.6 Å². The monoisotopic (exact) mass is 447 g/mol. The summed E-state index contributed by atoms with van der Waals surface area (Å²) in [4.78, 5) is 20.3. The number of methoxy groups -OCH3 is 1. The number of hydrogen-bond acceptors (Lipinski definition) is 5. The topological polar surface area (TPSA) is 72.3 Å². The van der Waals surface area contributed by atoms with Gasteiger partial charge in [0.2, 0.25) is 0 Å². The Morgan fingerprint density at radius 1 is 1.24 bits per heavy atom. The molecule has 0 spiro atoms. The summed E-state index contributed by atoms with van der Waals surface area (Å²) in [7, 11) is 1.59. The van der Waals surface area contributed by atoms with E-state index in [2.05, 4.69) is 40.3 Å². The lowest BCUT2D eigenvalue weighted by atomic mass is 9.88. The fourth-order valence-electron chi connectivity index (χ4n) is 4.67. The van der Waals surface area contributed by atoms with Gasteiger partial charge in [-0.3, -0.25) is 19.4 Å². The molecule has 1 fully saturated rings. The second kappa shape index (κ2) is 10.6. The normalized spacial score (nSPS) is 17.5. The molecule has 4 rings (SSSR count). The lowest BCUT2D eigenvalue weighted by Crippen LogP contribution is -2.43. The van der Waals surface area contributed by atoms with E-state index in [0.717, 1.165) is 50.4 Å². The first-order valence-electron chi connectivity index (χ1n) is 11.7. The summed E-state index contributed by atoms with van der Waals surface area (Å²) < 4.78 is 7.41. The molecule has 0 bridgehead atoms. The molecule has 1 aliphatic rings. The Morgan fingerprint density at radius 2 is 2.06 bits per heavy atom. The number of likely N-dealkylation sites (tertiary alicyclic amines) is 1. The van der Waals surface area contributed by atoms with E-state index in [1.165, 1.54) is 5.56 Å². The summed E-state index contributed by atoms with van der Waals surface area (Å²) in [5.74, 6) is 0.692. The zero-order valence-corrected chi connectivity index (χ0v) is 19.7. The molecule has 0 saturated carbocycles. The van der Waals surface area contributed by atoms with Crippen LogP contribution in [0.4, 0.5) is 0 Å². The van der Waals surface area contributed by atoms with Gasteiger partial charge in [0.25, 0.3) is 5.91 Å². The number of amides is 1. The van der Waals surface area contributed by atoms with E-state index in [-0.39, 0.29) is 17.9 Å². The Hall–Kier alpha value is -3.19. The fraction of sp³-hybridized carbons (Fsp3) is 0.423. The van der Waals surface area contributed by atoms with Gasteiger partial charge < -0.3 is 10.1 Å². The van der Waals surface area contributed by atoms with Crippen LogP contribution in [0.15, 0.2) is 54.9 Å². The van der Waals surface area contributed by atoms with Crippen molar-refractivity contribution in [1.82, 2.24) is 25.0 Å². The molecule has 1 aliphatic heterocycles. The highest BCUT2D eigenvalue weighted by Crippen LogP contribution is 2.31. The maximum absolute atomic E-state index is 13.3. The van der Waals surface area contributed by atoms with Gasteiger partial charge in [0.15, 0.2) is 0 Å². The Bertz CT molecular complexity index is 1070. The molecule has 0 aliphatic carbocycles. The number of piperidine rings is 1. The van der Waals surface area contributed by atoms with Crippen molar-refractivity contribution in [3.8, 4) is 5.75 Å². The average Bonchev–Trinajstić information content (AvgIpc) is 3.22. The minimum Gasteiger partial charge on any atom is -0.496 e. The van der Waals surface area contributed by atoms with Gasteiger partial charge in [0.05, 0.1) is 30.1 Å². The minimum absolute atomic E-state index is 0.139. The first-order valence-corrected chi connectivity index (χ1v) is 11.7. The van der Waals surface area contributed by atoms with Crippen LogP contribution in [0, 0.1) is 12.8 Å². The van der Waals surface area contributed by atoms with Crippen LogP contribution in [0.5, 0.6) is 5.75 Å². The number of rotatable bonds is 8. The molecule has 0 radical (unpaired) electrons. The maximum Gasteiger partial charge on any atom is 0.255 e. The number of pyridine rings is 1. The second-order valence-electron chi connectivity index (χ2n) is 8.64. The number of nitrogens with zero attached hydrogens (tertiary/aromatic N) is 4. The van der Waals surface area contributed by atoms with Gasteiger partial charge in [-0.2, -0.15) is 5.10 Å². The molecule has 0 unspecified atom stereocenters. The predicted molar refractivity (Wildman–Crippen MR) is 128 cm³/mol. The van der Waals surface area contributed by atoms with E-state index in [0.29, 0.717) is 11.3 Å². The van der Waals surface area contributed by atoms with E-state index in [1.807, 2.05) is 41.1 Å². The Labute approximate surface area is 195 Å².